The molecule has 0 heterocycles. The third-order valence-electron chi connectivity index (χ3n) is 3.54. The molecule has 0 saturated carbocycles. The number of rotatable bonds is 5. The summed E-state index contributed by atoms with van der Waals surface area (Å²) >= 11 is 0. The Morgan fingerprint density at radius 2 is 1.87 bits per heavy atom. The number of alkyl halides is 2. The first kappa shape index (κ1) is 16.9. The van der Waals surface area contributed by atoms with Gasteiger partial charge in [-0.1, -0.05) is 29.8 Å². The molecule has 1 amide bonds. The van der Waals surface area contributed by atoms with Crippen LogP contribution in [0.3, 0.4) is 0 Å². The van der Waals surface area contributed by atoms with E-state index < -0.39 is 6.61 Å². The Balaban J connectivity index is 2.41. The number of para-hydroxylation sites is 1. The van der Waals surface area contributed by atoms with Crippen LogP contribution in [0.2, 0.25) is 0 Å². The van der Waals surface area contributed by atoms with Gasteiger partial charge >= 0.3 is 6.61 Å². The predicted molar refractivity (Wildman–Crippen MR) is 86.3 cm³/mol. The highest BCUT2D eigenvalue weighted by molar-refractivity contribution is 6.08. The minimum atomic E-state index is -2.97. The Kier molecular flexibility index (Phi) is 5.32. The number of nitrogens with zero attached hydrogens (tertiary/aromatic N) is 1. The molecule has 0 atom stereocenters. The highest BCUT2D eigenvalue weighted by Gasteiger charge is 2.22. The molecule has 3 nitrogen and oxygen atoms in total. The van der Waals surface area contributed by atoms with Gasteiger partial charge in [-0.2, -0.15) is 8.78 Å². The smallest absolute Gasteiger partial charge is 0.387 e. The molecule has 0 unspecified atom stereocenters. The molecule has 2 aromatic rings. The van der Waals surface area contributed by atoms with Crippen molar-refractivity contribution < 1.29 is 18.3 Å². The molecule has 2 rings (SSSR count). The van der Waals surface area contributed by atoms with Crippen molar-refractivity contribution in [3.05, 3.63) is 59.2 Å². The monoisotopic (exact) mass is 319 g/mol. The molecule has 0 bridgehead atoms. The maximum absolute atomic E-state index is 12.8. The van der Waals surface area contributed by atoms with Crippen molar-refractivity contribution in [1.29, 1.82) is 0 Å². The molecule has 5 heteroatoms. The van der Waals surface area contributed by atoms with Gasteiger partial charge in [-0.3, -0.25) is 4.79 Å². The van der Waals surface area contributed by atoms with Crippen molar-refractivity contribution in [2.45, 2.75) is 27.4 Å². The Bertz CT molecular complexity index is 701. The largest absolute Gasteiger partial charge is 0.434 e. The summed E-state index contributed by atoms with van der Waals surface area (Å²) in [7, 11) is 0. The van der Waals surface area contributed by atoms with Crippen molar-refractivity contribution in [2.24, 2.45) is 0 Å². The lowest BCUT2D eigenvalue weighted by Crippen LogP contribution is -2.31. The van der Waals surface area contributed by atoms with Crippen LogP contribution in [-0.2, 0) is 0 Å². The molecular weight excluding hydrogens is 300 g/mol. The fraction of sp³-hybridized carbons (Fsp3) is 0.278. The highest BCUT2D eigenvalue weighted by Crippen LogP contribution is 2.27. The molecule has 0 aliphatic heterocycles. The summed E-state index contributed by atoms with van der Waals surface area (Å²) in [5.74, 6) is -0.480. The number of halogens is 2. The van der Waals surface area contributed by atoms with E-state index in [-0.39, 0.29) is 17.2 Å². The number of aryl methyl sites for hydroxylation is 2. The number of carbonyl (C=O) groups excluding carboxylic acids is 1. The fourth-order valence-electron chi connectivity index (χ4n) is 2.52. The first-order valence-corrected chi connectivity index (χ1v) is 7.37. The van der Waals surface area contributed by atoms with E-state index in [1.807, 2.05) is 39.0 Å². The van der Waals surface area contributed by atoms with E-state index in [2.05, 4.69) is 4.74 Å². The first-order chi connectivity index (χ1) is 10.9. The maximum Gasteiger partial charge on any atom is 0.387 e. The summed E-state index contributed by atoms with van der Waals surface area (Å²) in [4.78, 5) is 14.4. The summed E-state index contributed by atoms with van der Waals surface area (Å²) in [6.45, 7) is 3.18. The van der Waals surface area contributed by atoms with Gasteiger partial charge in [-0.05, 0) is 44.5 Å². The molecule has 0 aliphatic carbocycles. The number of amides is 1. The summed E-state index contributed by atoms with van der Waals surface area (Å²) in [5, 5.41) is 0. The molecule has 23 heavy (non-hydrogen) atoms. The average Bonchev–Trinajstić information content (AvgIpc) is 2.50. The SMILES string of the molecule is CCN(C(=O)c1ccccc1OC(F)F)c1ccc(C)cc1C. The zero-order valence-corrected chi connectivity index (χ0v) is 13.3. The van der Waals surface area contributed by atoms with Crippen LogP contribution >= 0.6 is 0 Å². The van der Waals surface area contributed by atoms with Crippen molar-refractivity contribution in [3.63, 3.8) is 0 Å². The topological polar surface area (TPSA) is 29.5 Å². The molecule has 0 radical (unpaired) electrons. The van der Waals surface area contributed by atoms with Crippen LogP contribution in [0, 0.1) is 13.8 Å². The average molecular weight is 319 g/mol. The predicted octanol–water partition coefficient (Wildman–Crippen LogP) is 4.57. The number of anilines is 1. The van der Waals surface area contributed by atoms with Gasteiger partial charge < -0.3 is 9.64 Å². The fourth-order valence-corrected chi connectivity index (χ4v) is 2.52. The molecule has 2 aromatic carbocycles. The Labute approximate surface area is 134 Å². The Morgan fingerprint density at radius 3 is 2.48 bits per heavy atom. The van der Waals surface area contributed by atoms with E-state index in [1.54, 1.807) is 17.0 Å². The number of benzene rings is 2. The van der Waals surface area contributed by atoms with E-state index in [0.29, 0.717) is 6.54 Å². The van der Waals surface area contributed by atoms with Gasteiger partial charge in [0.1, 0.15) is 5.75 Å². The van der Waals surface area contributed by atoms with Crippen LogP contribution in [0.1, 0.15) is 28.4 Å². The van der Waals surface area contributed by atoms with Gasteiger partial charge in [0.15, 0.2) is 0 Å². The number of hydrogen-bond acceptors (Lipinski definition) is 2. The van der Waals surface area contributed by atoms with Gasteiger partial charge in [-0.25, -0.2) is 0 Å². The molecule has 0 saturated heterocycles. The zero-order valence-electron chi connectivity index (χ0n) is 13.3. The molecule has 0 aliphatic rings. The van der Waals surface area contributed by atoms with Crippen LogP contribution in [0.15, 0.2) is 42.5 Å². The molecule has 0 spiro atoms. The molecular formula is C18H19F2NO2. The quantitative estimate of drug-likeness (QED) is 0.808. The van der Waals surface area contributed by atoms with Gasteiger partial charge in [0.05, 0.1) is 5.56 Å². The van der Waals surface area contributed by atoms with E-state index in [9.17, 15) is 13.6 Å². The van der Waals surface area contributed by atoms with Crippen LogP contribution in [-0.4, -0.2) is 19.1 Å². The van der Waals surface area contributed by atoms with Crippen LogP contribution in [0.25, 0.3) is 0 Å². The van der Waals surface area contributed by atoms with Gasteiger partial charge in [-0.15, -0.1) is 0 Å². The summed E-state index contributed by atoms with van der Waals surface area (Å²) in [6, 6.07) is 11.8. The molecule has 122 valence electrons. The summed E-state index contributed by atoms with van der Waals surface area (Å²) < 4.78 is 29.5. The second-order valence-corrected chi connectivity index (χ2v) is 5.21. The maximum atomic E-state index is 12.8. The van der Waals surface area contributed by atoms with E-state index in [1.165, 1.54) is 12.1 Å². The van der Waals surface area contributed by atoms with Gasteiger partial charge in [0.25, 0.3) is 5.91 Å². The Morgan fingerprint density at radius 1 is 1.17 bits per heavy atom. The lowest BCUT2D eigenvalue weighted by atomic mass is 10.1. The number of ether oxygens (including phenoxy) is 1. The van der Waals surface area contributed by atoms with Crippen LogP contribution in [0.5, 0.6) is 5.75 Å². The normalized spacial score (nSPS) is 10.7. The van der Waals surface area contributed by atoms with Crippen LogP contribution < -0.4 is 9.64 Å². The molecule has 0 aromatic heterocycles. The summed E-state index contributed by atoms with van der Waals surface area (Å²) in [6.07, 6.45) is 0. The van der Waals surface area contributed by atoms with Crippen molar-refractivity contribution in [1.82, 2.24) is 0 Å². The third kappa shape index (κ3) is 3.86. The minimum absolute atomic E-state index is 0.115. The lowest BCUT2D eigenvalue weighted by Gasteiger charge is -2.24. The Hall–Kier alpha value is -2.43. The minimum Gasteiger partial charge on any atom is -0.434 e. The van der Waals surface area contributed by atoms with Crippen molar-refractivity contribution in [2.75, 3.05) is 11.4 Å². The molecule has 0 fully saturated rings. The van der Waals surface area contributed by atoms with Gasteiger partial charge in [0, 0.05) is 12.2 Å². The van der Waals surface area contributed by atoms with E-state index in [0.717, 1.165) is 16.8 Å². The lowest BCUT2D eigenvalue weighted by molar-refractivity contribution is -0.0501. The van der Waals surface area contributed by atoms with Crippen LogP contribution in [0.4, 0.5) is 14.5 Å². The highest BCUT2D eigenvalue weighted by atomic mass is 19.3. The van der Waals surface area contributed by atoms with Crippen molar-refractivity contribution >= 4 is 11.6 Å². The third-order valence-corrected chi connectivity index (χ3v) is 3.54. The number of carbonyl (C=O) groups is 1. The molecule has 0 N–H and O–H groups in total. The van der Waals surface area contributed by atoms with Crippen molar-refractivity contribution in [3.8, 4) is 5.75 Å². The van der Waals surface area contributed by atoms with E-state index >= 15 is 0 Å². The standard InChI is InChI=1S/C18H19F2NO2/c1-4-21(15-10-9-12(2)11-13(15)3)17(22)14-7-5-6-8-16(14)23-18(19)20/h5-11,18H,4H2,1-3H3. The van der Waals surface area contributed by atoms with E-state index in [4.69, 9.17) is 0 Å². The second kappa shape index (κ2) is 7.22. The number of hydrogen-bond donors (Lipinski definition) is 0. The first-order valence-electron chi connectivity index (χ1n) is 7.37. The summed E-state index contributed by atoms with van der Waals surface area (Å²) in [5.41, 5.74) is 2.92. The second-order valence-electron chi connectivity index (χ2n) is 5.21. The zero-order chi connectivity index (χ0) is 17.0. The van der Waals surface area contributed by atoms with Gasteiger partial charge in [0.2, 0.25) is 0 Å².